The minimum Gasteiger partial charge on any atom is -0.353 e. The van der Waals surface area contributed by atoms with Crippen molar-refractivity contribution < 1.29 is 9.59 Å². The summed E-state index contributed by atoms with van der Waals surface area (Å²) in [5, 5.41) is 4.00. The number of amides is 2. The predicted molar refractivity (Wildman–Crippen MR) is 99.7 cm³/mol. The summed E-state index contributed by atoms with van der Waals surface area (Å²) in [5.74, 6) is 0.930. The fourth-order valence-electron chi connectivity index (χ4n) is 3.49. The molecule has 6 heteroatoms. The summed E-state index contributed by atoms with van der Waals surface area (Å²) in [5.41, 5.74) is 0.654. The van der Waals surface area contributed by atoms with Crippen molar-refractivity contribution in [2.45, 2.75) is 62.4 Å². The molecule has 0 bridgehead atoms. The fourth-order valence-corrected chi connectivity index (χ4v) is 4.28. The van der Waals surface area contributed by atoms with Crippen molar-refractivity contribution in [1.82, 2.24) is 15.2 Å². The maximum absolute atomic E-state index is 12.3. The molecule has 2 heterocycles. The molecular formula is C19H27N3O2S. The van der Waals surface area contributed by atoms with Crippen molar-refractivity contribution in [2.75, 3.05) is 18.8 Å². The zero-order valence-electron chi connectivity index (χ0n) is 14.7. The van der Waals surface area contributed by atoms with Crippen LogP contribution >= 0.6 is 11.8 Å². The summed E-state index contributed by atoms with van der Waals surface area (Å²) in [6, 6.07) is 4.10. The molecule has 1 aromatic heterocycles. The van der Waals surface area contributed by atoms with Crippen LogP contribution in [-0.2, 0) is 4.79 Å². The van der Waals surface area contributed by atoms with Crippen LogP contribution < -0.4 is 5.32 Å². The van der Waals surface area contributed by atoms with Crippen LogP contribution in [0.1, 0.15) is 61.7 Å². The van der Waals surface area contributed by atoms with Gasteiger partial charge in [0.1, 0.15) is 0 Å². The van der Waals surface area contributed by atoms with Gasteiger partial charge >= 0.3 is 0 Å². The van der Waals surface area contributed by atoms with E-state index in [1.807, 2.05) is 17.0 Å². The normalized spacial score (nSPS) is 18.3. The number of nitrogens with one attached hydrogen (secondary N) is 1. The first-order valence-electron chi connectivity index (χ1n) is 9.40. The highest BCUT2D eigenvalue weighted by Gasteiger charge is 2.19. The molecule has 1 aliphatic carbocycles. The van der Waals surface area contributed by atoms with E-state index in [4.69, 9.17) is 0 Å². The number of rotatable bonds is 6. The zero-order chi connectivity index (χ0) is 17.5. The largest absolute Gasteiger partial charge is 0.353 e. The number of nitrogens with zero attached hydrogens (tertiary/aromatic N) is 2. The maximum Gasteiger partial charge on any atom is 0.255 e. The maximum atomic E-state index is 12.3. The second kappa shape index (κ2) is 9.22. The predicted octanol–water partition coefficient (Wildman–Crippen LogP) is 3.25. The summed E-state index contributed by atoms with van der Waals surface area (Å²) in [7, 11) is 0. The molecule has 1 saturated carbocycles. The minimum atomic E-state index is 0.0772. The summed E-state index contributed by atoms with van der Waals surface area (Å²) >= 11 is 1.57. The molecule has 0 aromatic carbocycles. The third-order valence-corrected chi connectivity index (χ3v) is 5.87. The Morgan fingerprint density at radius 3 is 2.56 bits per heavy atom. The van der Waals surface area contributed by atoms with Crippen molar-refractivity contribution in [3.63, 3.8) is 0 Å². The van der Waals surface area contributed by atoms with E-state index in [0.717, 1.165) is 43.8 Å². The highest BCUT2D eigenvalue weighted by Crippen LogP contribution is 2.20. The number of likely N-dealkylation sites (tertiary alicyclic amines) is 1. The van der Waals surface area contributed by atoms with E-state index in [-0.39, 0.29) is 11.8 Å². The standard InChI is InChI=1S/C19H27N3O2S/c23-17(21-16-6-2-1-3-7-16)10-13-25-18-9-8-15(14-20-18)19(24)22-11-4-5-12-22/h8-9,14,16H,1-7,10-13H2,(H,21,23). The number of aromatic nitrogens is 1. The van der Waals surface area contributed by atoms with Gasteiger partial charge in [0.15, 0.2) is 0 Å². The average molecular weight is 362 g/mol. The lowest BCUT2D eigenvalue weighted by Crippen LogP contribution is -2.36. The summed E-state index contributed by atoms with van der Waals surface area (Å²) in [6.07, 6.45) is 10.3. The van der Waals surface area contributed by atoms with Gasteiger partial charge in [-0.05, 0) is 37.8 Å². The lowest BCUT2D eigenvalue weighted by Gasteiger charge is -2.22. The molecule has 1 aromatic rings. The SMILES string of the molecule is O=C(CCSc1ccc(C(=O)N2CCCC2)cn1)NC1CCCCC1. The number of hydrogen-bond acceptors (Lipinski definition) is 4. The summed E-state index contributed by atoms with van der Waals surface area (Å²) < 4.78 is 0. The van der Waals surface area contributed by atoms with Crippen LogP contribution in [0, 0.1) is 0 Å². The van der Waals surface area contributed by atoms with E-state index >= 15 is 0 Å². The third kappa shape index (κ3) is 5.46. The second-order valence-electron chi connectivity index (χ2n) is 6.89. The molecule has 0 radical (unpaired) electrons. The Hall–Kier alpha value is -1.56. The molecule has 0 spiro atoms. The smallest absolute Gasteiger partial charge is 0.255 e. The molecule has 0 atom stereocenters. The van der Waals surface area contributed by atoms with Gasteiger partial charge in [-0.3, -0.25) is 9.59 Å². The number of carbonyl (C=O) groups is 2. The van der Waals surface area contributed by atoms with Gasteiger partial charge in [-0.1, -0.05) is 19.3 Å². The first-order valence-corrected chi connectivity index (χ1v) is 10.4. The topological polar surface area (TPSA) is 62.3 Å². The Morgan fingerprint density at radius 2 is 1.88 bits per heavy atom. The average Bonchev–Trinajstić information content (AvgIpc) is 3.17. The molecule has 3 rings (SSSR count). The molecule has 25 heavy (non-hydrogen) atoms. The molecule has 1 N–H and O–H groups in total. The van der Waals surface area contributed by atoms with Crippen molar-refractivity contribution >= 4 is 23.6 Å². The number of hydrogen-bond donors (Lipinski definition) is 1. The minimum absolute atomic E-state index is 0.0772. The zero-order valence-corrected chi connectivity index (χ0v) is 15.5. The van der Waals surface area contributed by atoms with Crippen LogP contribution in [0.5, 0.6) is 0 Å². The highest BCUT2D eigenvalue weighted by atomic mass is 32.2. The fraction of sp³-hybridized carbons (Fsp3) is 0.632. The molecule has 5 nitrogen and oxygen atoms in total. The van der Waals surface area contributed by atoms with Gasteiger partial charge in [0, 0.05) is 37.5 Å². The van der Waals surface area contributed by atoms with Gasteiger partial charge in [0.25, 0.3) is 5.91 Å². The Balaban J connectivity index is 1.39. The quantitative estimate of drug-likeness (QED) is 0.790. The van der Waals surface area contributed by atoms with Crippen LogP contribution in [-0.4, -0.2) is 46.6 Å². The van der Waals surface area contributed by atoms with Gasteiger partial charge in [-0.15, -0.1) is 11.8 Å². The number of thioether (sulfide) groups is 1. The molecule has 2 amide bonds. The van der Waals surface area contributed by atoms with Gasteiger partial charge in [-0.25, -0.2) is 4.98 Å². The molecule has 1 aliphatic heterocycles. The van der Waals surface area contributed by atoms with Crippen LogP contribution in [0.4, 0.5) is 0 Å². The Morgan fingerprint density at radius 1 is 1.12 bits per heavy atom. The third-order valence-electron chi connectivity index (χ3n) is 4.93. The van der Waals surface area contributed by atoms with E-state index in [2.05, 4.69) is 10.3 Å². The summed E-state index contributed by atoms with van der Waals surface area (Å²) in [4.78, 5) is 30.5. The van der Waals surface area contributed by atoms with Gasteiger partial charge in [0.2, 0.25) is 5.91 Å². The molecule has 2 fully saturated rings. The van der Waals surface area contributed by atoms with Gasteiger partial charge in [-0.2, -0.15) is 0 Å². The molecule has 0 unspecified atom stereocenters. The Kier molecular flexibility index (Phi) is 6.73. The summed E-state index contributed by atoms with van der Waals surface area (Å²) in [6.45, 7) is 1.71. The van der Waals surface area contributed by atoms with Crippen molar-refractivity contribution in [1.29, 1.82) is 0 Å². The Labute approximate surface area is 154 Å². The molecule has 2 aliphatic rings. The van der Waals surface area contributed by atoms with E-state index in [0.29, 0.717) is 23.8 Å². The number of carbonyl (C=O) groups excluding carboxylic acids is 2. The van der Waals surface area contributed by atoms with Gasteiger partial charge in [0.05, 0.1) is 10.6 Å². The van der Waals surface area contributed by atoms with Crippen molar-refractivity contribution in [3.8, 4) is 0 Å². The highest BCUT2D eigenvalue weighted by molar-refractivity contribution is 7.99. The van der Waals surface area contributed by atoms with Crippen molar-refractivity contribution in [2.24, 2.45) is 0 Å². The first-order chi connectivity index (χ1) is 12.2. The molecule has 1 saturated heterocycles. The monoisotopic (exact) mass is 361 g/mol. The van der Waals surface area contributed by atoms with Crippen LogP contribution in [0.15, 0.2) is 23.4 Å². The van der Waals surface area contributed by atoms with Crippen LogP contribution in [0.2, 0.25) is 0 Å². The molecule has 136 valence electrons. The molecular weight excluding hydrogens is 334 g/mol. The lowest BCUT2D eigenvalue weighted by atomic mass is 9.95. The van der Waals surface area contributed by atoms with Crippen molar-refractivity contribution in [3.05, 3.63) is 23.9 Å². The Bertz CT molecular complexity index is 579. The lowest BCUT2D eigenvalue weighted by molar-refractivity contribution is -0.121. The van der Waals surface area contributed by atoms with E-state index in [9.17, 15) is 9.59 Å². The van der Waals surface area contributed by atoms with Crippen LogP contribution in [0.25, 0.3) is 0 Å². The van der Waals surface area contributed by atoms with E-state index in [1.165, 1.54) is 19.3 Å². The van der Waals surface area contributed by atoms with Crippen LogP contribution in [0.3, 0.4) is 0 Å². The van der Waals surface area contributed by atoms with E-state index < -0.39 is 0 Å². The second-order valence-corrected chi connectivity index (χ2v) is 8.00. The van der Waals surface area contributed by atoms with Gasteiger partial charge < -0.3 is 10.2 Å². The van der Waals surface area contributed by atoms with E-state index in [1.54, 1.807) is 18.0 Å². The first kappa shape index (κ1) is 18.2. The number of pyridine rings is 1.